The Morgan fingerprint density at radius 3 is 2.76 bits per heavy atom. The standard InChI is InChI=1S/C15H17N5O/c16-12-2-1-4-19-15(12)14(17)11-3-5-18-13(10-11)20-6-8-21-9-7-20/h1-5,10,17H,6-9,16H2. The van der Waals surface area contributed by atoms with E-state index in [1.807, 2.05) is 6.07 Å². The van der Waals surface area contributed by atoms with Crippen molar-refractivity contribution in [3.8, 4) is 0 Å². The van der Waals surface area contributed by atoms with Gasteiger partial charge < -0.3 is 15.4 Å². The van der Waals surface area contributed by atoms with Crippen LogP contribution >= 0.6 is 0 Å². The van der Waals surface area contributed by atoms with Crippen molar-refractivity contribution in [2.75, 3.05) is 36.9 Å². The van der Waals surface area contributed by atoms with Gasteiger partial charge in [0.2, 0.25) is 0 Å². The quantitative estimate of drug-likeness (QED) is 0.829. The van der Waals surface area contributed by atoms with Crippen molar-refractivity contribution in [1.82, 2.24) is 9.97 Å². The second-order valence-electron chi connectivity index (χ2n) is 4.82. The number of aromatic nitrogens is 2. The first-order chi connectivity index (χ1) is 10.3. The summed E-state index contributed by atoms with van der Waals surface area (Å²) in [5.41, 5.74) is 7.97. The highest BCUT2D eigenvalue weighted by atomic mass is 16.5. The van der Waals surface area contributed by atoms with E-state index in [-0.39, 0.29) is 0 Å². The van der Waals surface area contributed by atoms with E-state index in [0.717, 1.165) is 24.5 Å². The minimum Gasteiger partial charge on any atom is -0.397 e. The number of hydrogen-bond donors (Lipinski definition) is 2. The highest BCUT2D eigenvalue weighted by molar-refractivity contribution is 6.12. The van der Waals surface area contributed by atoms with Crippen molar-refractivity contribution in [2.45, 2.75) is 0 Å². The summed E-state index contributed by atoms with van der Waals surface area (Å²) in [5, 5.41) is 8.31. The lowest BCUT2D eigenvalue weighted by molar-refractivity contribution is 0.122. The Morgan fingerprint density at radius 2 is 2.00 bits per heavy atom. The molecule has 3 N–H and O–H groups in total. The minimum atomic E-state index is 0.310. The number of nitrogens with one attached hydrogen (secondary N) is 1. The van der Waals surface area contributed by atoms with Crippen LogP contribution in [0, 0.1) is 5.41 Å². The molecule has 0 radical (unpaired) electrons. The molecular weight excluding hydrogens is 266 g/mol. The fourth-order valence-corrected chi connectivity index (χ4v) is 2.30. The summed E-state index contributed by atoms with van der Waals surface area (Å²) < 4.78 is 5.35. The van der Waals surface area contributed by atoms with Crippen LogP contribution in [0.1, 0.15) is 11.3 Å². The Balaban J connectivity index is 1.89. The number of anilines is 2. The van der Waals surface area contributed by atoms with E-state index in [4.69, 9.17) is 15.9 Å². The summed E-state index contributed by atoms with van der Waals surface area (Å²) in [7, 11) is 0. The predicted octanol–water partition coefficient (Wildman–Crippen LogP) is 1.31. The molecule has 3 heterocycles. The second-order valence-corrected chi connectivity index (χ2v) is 4.82. The molecule has 1 aliphatic rings. The molecule has 6 heteroatoms. The second kappa shape index (κ2) is 5.88. The largest absolute Gasteiger partial charge is 0.397 e. The molecule has 108 valence electrons. The van der Waals surface area contributed by atoms with Crippen molar-refractivity contribution in [1.29, 1.82) is 5.41 Å². The van der Waals surface area contributed by atoms with E-state index >= 15 is 0 Å². The number of rotatable bonds is 3. The van der Waals surface area contributed by atoms with Crippen molar-refractivity contribution in [2.24, 2.45) is 0 Å². The Hall–Kier alpha value is -2.47. The normalized spacial score (nSPS) is 15.0. The molecule has 0 unspecified atom stereocenters. The fraction of sp³-hybridized carbons (Fsp3) is 0.267. The van der Waals surface area contributed by atoms with Crippen molar-refractivity contribution < 1.29 is 4.74 Å². The van der Waals surface area contributed by atoms with Crippen molar-refractivity contribution >= 4 is 17.2 Å². The molecule has 6 nitrogen and oxygen atoms in total. The Morgan fingerprint density at radius 1 is 1.19 bits per heavy atom. The SMILES string of the molecule is N=C(c1ccnc(N2CCOCC2)c1)c1ncccc1N. The fourth-order valence-electron chi connectivity index (χ4n) is 2.30. The number of nitrogens with two attached hydrogens (primary N) is 1. The third-order valence-electron chi connectivity index (χ3n) is 3.44. The highest BCUT2D eigenvalue weighted by Crippen LogP contribution is 2.18. The summed E-state index contributed by atoms with van der Waals surface area (Å²) in [6.07, 6.45) is 3.36. The maximum absolute atomic E-state index is 8.31. The van der Waals surface area contributed by atoms with E-state index in [1.54, 1.807) is 30.6 Å². The highest BCUT2D eigenvalue weighted by Gasteiger charge is 2.15. The van der Waals surface area contributed by atoms with Crippen LogP contribution in [0.4, 0.5) is 11.5 Å². The number of nitrogens with zero attached hydrogens (tertiary/aromatic N) is 3. The molecule has 0 spiro atoms. The van der Waals surface area contributed by atoms with E-state index in [2.05, 4.69) is 14.9 Å². The van der Waals surface area contributed by atoms with Gasteiger partial charge in [-0.25, -0.2) is 4.98 Å². The topological polar surface area (TPSA) is 88.1 Å². The molecule has 0 aromatic carbocycles. The van der Waals surface area contributed by atoms with Crippen molar-refractivity contribution in [3.05, 3.63) is 47.9 Å². The zero-order chi connectivity index (χ0) is 14.7. The smallest absolute Gasteiger partial charge is 0.129 e. The van der Waals surface area contributed by atoms with Crippen LogP contribution in [0.2, 0.25) is 0 Å². The maximum Gasteiger partial charge on any atom is 0.129 e. The van der Waals surface area contributed by atoms with Gasteiger partial charge >= 0.3 is 0 Å². The van der Waals surface area contributed by atoms with Crippen LogP contribution in [-0.4, -0.2) is 42.0 Å². The number of ether oxygens (including phenoxy) is 1. The van der Waals surface area contributed by atoms with E-state index in [9.17, 15) is 0 Å². The number of hydrogen-bond acceptors (Lipinski definition) is 6. The van der Waals surface area contributed by atoms with Crippen LogP contribution in [0.15, 0.2) is 36.7 Å². The summed E-state index contributed by atoms with van der Waals surface area (Å²) in [5.74, 6) is 0.857. The third-order valence-corrected chi connectivity index (χ3v) is 3.44. The molecule has 0 aliphatic carbocycles. The maximum atomic E-state index is 8.31. The number of morpholine rings is 1. The van der Waals surface area contributed by atoms with Crippen LogP contribution in [0.5, 0.6) is 0 Å². The van der Waals surface area contributed by atoms with Gasteiger partial charge in [-0.3, -0.25) is 10.4 Å². The average molecular weight is 283 g/mol. The first kappa shape index (κ1) is 13.5. The minimum absolute atomic E-state index is 0.310. The molecular formula is C15H17N5O. The van der Waals surface area contributed by atoms with Gasteiger partial charge in [-0.1, -0.05) is 0 Å². The van der Waals surface area contributed by atoms with E-state index in [1.165, 1.54) is 0 Å². The molecule has 1 saturated heterocycles. The van der Waals surface area contributed by atoms with Gasteiger partial charge in [-0.15, -0.1) is 0 Å². The summed E-state index contributed by atoms with van der Waals surface area (Å²) in [6.45, 7) is 3.04. The van der Waals surface area contributed by atoms with Crippen molar-refractivity contribution in [3.63, 3.8) is 0 Å². The summed E-state index contributed by atoms with van der Waals surface area (Å²) in [4.78, 5) is 10.7. The molecule has 0 saturated carbocycles. The lowest BCUT2D eigenvalue weighted by Gasteiger charge is -2.28. The zero-order valence-corrected chi connectivity index (χ0v) is 11.6. The van der Waals surface area contributed by atoms with Crippen LogP contribution < -0.4 is 10.6 Å². The number of nitrogen functional groups attached to an aromatic ring is 1. The first-order valence-corrected chi connectivity index (χ1v) is 6.84. The van der Waals surface area contributed by atoms with Gasteiger partial charge in [-0.05, 0) is 24.3 Å². The summed E-state index contributed by atoms with van der Waals surface area (Å²) >= 11 is 0. The molecule has 1 fully saturated rings. The van der Waals surface area contributed by atoms with Gasteiger partial charge in [0.1, 0.15) is 11.5 Å². The van der Waals surface area contributed by atoms with Crippen LogP contribution in [-0.2, 0) is 4.74 Å². The van der Waals surface area contributed by atoms with E-state index in [0.29, 0.717) is 30.3 Å². The molecule has 2 aromatic rings. The molecule has 0 bridgehead atoms. The van der Waals surface area contributed by atoms with Gasteiger partial charge in [0.15, 0.2) is 0 Å². The molecule has 2 aromatic heterocycles. The third kappa shape index (κ3) is 2.85. The van der Waals surface area contributed by atoms with Gasteiger partial charge in [0.05, 0.1) is 24.6 Å². The lowest BCUT2D eigenvalue weighted by Crippen LogP contribution is -2.36. The van der Waals surface area contributed by atoms with Crippen LogP contribution in [0.25, 0.3) is 0 Å². The molecule has 0 atom stereocenters. The molecule has 3 rings (SSSR count). The Bertz CT molecular complexity index is 652. The summed E-state index contributed by atoms with van der Waals surface area (Å²) in [6, 6.07) is 7.22. The molecule has 1 aliphatic heterocycles. The average Bonchev–Trinajstić information content (AvgIpc) is 2.56. The van der Waals surface area contributed by atoms with E-state index < -0.39 is 0 Å². The van der Waals surface area contributed by atoms with Gasteiger partial charge in [0, 0.05) is 31.0 Å². The Kier molecular flexibility index (Phi) is 3.79. The number of pyridine rings is 2. The zero-order valence-electron chi connectivity index (χ0n) is 11.6. The Labute approximate surface area is 123 Å². The van der Waals surface area contributed by atoms with Crippen LogP contribution in [0.3, 0.4) is 0 Å². The monoisotopic (exact) mass is 283 g/mol. The first-order valence-electron chi connectivity index (χ1n) is 6.84. The van der Waals surface area contributed by atoms with Gasteiger partial charge in [0.25, 0.3) is 0 Å². The lowest BCUT2D eigenvalue weighted by atomic mass is 10.1. The molecule has 0 amide bonds. The van der Waals surface area contributed by atoms with Gasteiger partial charge in [-0.2, -0.15) is 0 Å². The molecule has 21 heavy (non-hydrogen) atoms. The predicted molar refractivity (Wildman–Crippen MR) is 81.8 cm³/mol.